The van der Waals surface area contributed by atoms with Crippen LogP contribution in [-0.4, -0.2) is 20.3 Å². The van der Waals surface area contributed by atoms with Crippen LogP contribution in [0.15, 0.2) is 33.7 Å². The van der Waals surface area contributed by atoms with Crippen LogP contribution in [-0.2, 0) is 0 Å². The number of fused-ring (bicyclic) bond motifs is 1. The first-order valence-electron chi connectivity index (χ1n) is 6.38. The molecule has 0 N–H and O–H groups in total. The molecule has 3 aromatic rings. The monoisotopic (exact) mass is 321 g/mol. The molecular weight excluding hydrogens is 309 g/mol. The van der Waals surface area contributed by atoms with Gasteiger partial charge in [-0.1, -0.05) is 30.8 Å². The Balaban J connectivity index is 2.25. The second kappa shape index (κ2) is 5.57. The summed E-state index contributed by atoms with van der Waals surface area (Å²) in [5.41, 5.74) is 1.07. The van der Waals surface area contributed by atoms with Crippen LogP contribution in [0.25, 0.3) is 16.0 Å². The van der Waals surface area contributed by atoms with Gasteiger partial charge in [-0.25, -0.2) is 14.4 Å². The van der Waals surface area contributed by atoms with E-state index in [4.69, 9.17) is 0 Å². The lowest BCUT2D eigenvalue weighted by Gasteiger charge is -2.09. The third-order valence-electron chi connectivity index (χ3n) is 3.00. The number of thiazole rings is 1. The van der Waals surface area contributed by atoms with E-state index in [1.165, 1.54) is 28.3 Å². The van der Waals surface area contributed by atoms with Crippen LogP contribution in [0.1, 0.15) is 12.5 Å². The maximum atomic E-state index is 14.0. The SMILES string of the molecule is CCSc1nc2ncn(-c3c(C)cccc3F)c(=O)c2s1. The molecule has 7 heteroatoms. The smallest absolute Gasteiger partial charge is 0.267 e. The number of aryl methyl sites for hydroxylation is 1. The average molecular weight is 321 g/mol. The van der Waals surface area contributed by atoms with Crippen molar-refractivity contribution in [1.82, 2.24) is 14.5 Å². The first kappa shape index (κ1) is 14.2. The van der Waals surface area contributed by atoms with Gasteiger partial charge in [0.15, 0.2) is 9.99 Å². The molecule has 0 spiro atoms. The fourth-order valence-electron chi connectivity index (χ4n) is 2.07. The Morgan fingerprint density at radius 3 is 2.95 bits per heavy atom. The van der Waals surface area contributed by atoms with Crippen molar-refractivity contribution < 1.29 is 4.39 Å². The van der Waals surface area contributed by atoms with Crippen LogP contribution < -0.4 is 5.56 Å². The number of benzene rings is 1. The Hall–Kier alpha value is -1.73. The molecule has 0 aliphatic heterocycles. The Kier molecular flexibility index (Phi) is 3.77. The number of nitrogens with zero attached hydrogens (tertiary/aromatic N) is 3. The summed E-state index contributed by atoms with van der Waals surface area (Å²) in [7, 11) is 0. The van der Waals surface area contributed by atoms with E-state index in [1.807, 2.05) is 6.92 Å². The molecule has 1 aromatic carbocycles. The first-order valence-corrected chi connectivity index (χ1v) is 8.18. The second-order valence-electron chi connectivity index (χ2n) is 4.39. The van der Waals surface area contributed by atoms with Gasteiger partial charge in [0, 0.05) is 0 Å². The summed E-state index contributed by atoms with van der Waals surface area (Å²) in [6.07, 6.45) is 1.34. The highest BCUT2D eigenvalue weighted by Gasteiger charge is 2.15. The fourth-order valence-corrected chi connectivity index (χ4v) is 3.99. The molecule has 4 nitrogen and oxygen atoms in total. The summed E-state index contributed by atoms with van der Waals surface area (Å²) in [5.74, 6) is 0.436. The van der Waals surface area contributed by atoms with E-state index in [0.29, 0.717) is 15.9 Å². The number of aromatic nitrogens is 3. The topological polar surface area (TPSA) is 47.8 Å². The standard InChI is InChI=1S/C14H12FN3OS2/c1-3-20-14-17-12-11(21-14)13(19)18(7-16-12)10-8(2)5-4-6-9(10)15/h4-7H,3H2,1-2H3. The molecule has 0 amide bonds. The van der Waals surface area contributed by atoms with Crippen molar-refractivity contribution in [2.75, 3.05) is 5.75 Å². The molecule has 0 unspecified atom stereocenters. The Labute approximate surface area is 128 Å². The highest BCUT2D eigenvalue weighted by molar-refractivity contribution is 8.01. The molecule has 0 saturated heterocycles. The van der Waals surface area contributed by atoms with Crippen molar-refractivity contribution in [2.45, 2.75) is 18.2 Å². The van der Waals surface area contributed by atoms with Gasteiger partial charge in [0.1, 0.15) is 16.8 Å². The van der Waals surface area contributed by atoms with Crippen LogP contribution in [0.2, 0.25) is 0 Å². The third kappa shape index (κ3) is 2.47. The summed E-state index contributed by atoms with van der Waals surface area (Å²) in [4.78, 5) is 21.1. The van der Waals surface area contributed by atoms with E-state index in [1.54, 1.807) is 30.8 Å². The molecule has 0 fully saturated rings. The summed E-state index contributed by atoms with van der Waals surface area (Å²) in [5, 5.41) is 0. The second-order valence-corrected chi connectivity index (χ2v) is 6.90. The van der Waals surface area contributed by atoms with Crippen LogP contribution >= 0.6 is 23.1 Å². The quantitative estimate of drug-likeness (QED) is 0.694. The van der Waals surface area contributed by atoms with Crippen molar-refractivity contribution in [1.29, 1.82) is 0 Å². The van der Waals surface area contributed by atoms with E-state index < -0.39 is 5.82 Å². The number of rotatable bonds is 3. The van der Waals surface area contributed by atoms with E-state index in [-0.39, 0.29) is 11.2 Å². The van der Waals surface area contributed by atoms with E-state index in [2.05, 4.69) is 9.97 Å². The molecule has 0 aliphatic rings. The number of hydrogen-bond acceptors (Lipinski definition) is 5. The van der Waals surface area contributed by atoms with Crippen molar-refractivity contribution in [2.24, 2.45) is 0 Å². The number of hydrogen-bond donors (Lipinski definition) is 0. The molecule has 0 aliphatic carbocycles. The molecule has 2 heterocycles. The Morgan fingerprint density at radius 2 is 2.24 bits per heavy atom. The summed E-state index contributed by atoms with van der Waals surface area (Å²) < 4.78 is 16.6. The number of halogens is 1. The largest absolute Gasteiger partial charge is 0.277 e. The van der Waals surface area contributed by atoms with Gasteiger partial charge >= 0.3 is 0 Å². The van der Waals surface area contributed by atoms with E-state index in [9.17, 15) is 9.18 Å². The first-order chi connectivity index (χ1) is 10.1. The molecule has 0 bridgehead atoms. The molecule has 0 atom stereocenters. The Bertz CT molecular complexity index is 852. The van der Waals surface area contributed by atoms with Crippen LogP contribution in [0.4, 0.5) is 4.39 Å². The molecule has 0 radical (unpaired) electrons. The maximum Gasteiger partial charge on any atom is 0.277 e. The normalized spacial score (nSPS) is 11.2. The predicted octanol–water partition coefficient (Wildman–Crippen LogP) is 3.40. The average Bonchev–Trinajstić information content (AvgIpc) is 2.85. The predicted molar refractivity (Wildman–Crippen MR) is 84.1 cm³/mol. The molecule has 2 aromatic heterocycles. The molecular formula is C14H12FN3OS2. The minimum absolute atomic E-state index is 0.245. The van der Waals surface area contributed by atoms with Crippen molar-refractivity contribution in [3.8, 4) is 5.69 Å². The fraction of sp³-hybridized carbons (Fsp3) is 0.214. The number of thioether (sulfide) groups is 1. The zero-order valence-electron chi connectivity index (χ0n) is 11.5. The van der Waals surface area contributed by atoms with E-state index in [0.717, 1.165) is 10.1 Å². The van der Waals surface area contributed by atoms with Crippen LogP contribution in [0.5, 0.6) is 0 Å². The zero-order chi connectivity index (χ0) is 15.0. The van der Waals surface area contributed by atoms with Crippen LogP contribution in [0, 0.1) is 12.7 Å². The van der Waals surface area contributed by atoms with Gasteiger partial charge in [0.2, 0.25) is 0 Å². The van der Waals surface area contributed by atoms with Gasteiger partial charge in [-0.2, -0.15) is 0 Å². The van der Waals surface area contributed by atoms with Gasteiger partial charge in [-0.15, -0.1) is 11.3 Å². The molecule has 21 heavy (non-hydrogen) atoms. The minimum atomic E-state index is -0.439. The molecule has 108 valence electrons. The van der Waals surface area contributed by atoms with Crippen molar-refractivity contribution in [3.63, 3.8) is 0 Å². The highest BCUT2D eigenvalue weighted by atomic mass is 32.2. The number of para-hydroxylation sites is 1. The van der Waals surface area contributed by atoms with Gasteiger partial charge in [0.25, 0.3) is 5.56 Å². The third-order valence-corrected chi connectivity index (χ3v) is 5.05. The van der Waals surface area contributed by atoms with E-state index >= 15 is 0 Å². The molecule has 0 saturated carbocycles. The van der Waals surface area contributed by atoms with Gasteiger partial charge in [0.05, 0.1) is 5.69 Å². The lowest BCUT2D eigenvalue weighted by Crippen LogP contribution is -2.19. The van der Waals surface area contributed by atoms with Crippen molar-refractivity contribution >= 4 is 33.4 Å². The van der Waals surface area contributed by atoms with Crippen LogP contribution in [0.3, 0.4) is 0 Å². The summed E-state index contributed by atoms with van der Waals surface area (Å²) in [6, 6.07) is 4.72. The molecule has 3 rings (SSSR count). The summed E-state index contributed by atoms with van der Waals surface area (Å²) >= 11 is 2.87. The van der Waals surface area contributed by atoms with Gasteiger partial charge < -0.3 is 0 Å². The Morgan fingerprint density at radius 1 is 1.43 bits per heavy atom. The zero-order valence-corrected chi connectivity index (χ0v) is 13.1. The van der Waals surface area contributed by atoms with Gasteiger partial charge in [-0.05, 0) is 24.3 Å². The lowest BCUT2D eigenvalue weighted by atomic mass is 10.2. The van der Waals surface area contributed by atoms with Gasteiger partial charge in [-0.3, -0.25) is 9.36 Å². The highest BCUT2D eigenvalue weighted by Crippen LogP contribution is 2.26. The summed E-state index contributed by atoms with van der Waals surface area (Å²) in [6.45, 7) is 3.78. The minimum Gasteiger partial charge on any atom is -0.267 e. The maximum absolute atomic E-state index is 14.0. The van der Waals surface area contributed by atoms with Crippen molar-refractivity contribution in [3.05, 3.63) is 46.3 Å². The lowest BCUT2D eigenvalue weighted by molar-refractivity contribution is 0.614.